The van der Waals surface area contributed by atoms with Crippen LogP contribution in [-0.4, -0.2) is 71.9 Å². The number of piperidine rings is 1. The maximum atomic E-state index is 11.6. The van der Waals surface area contributed by atoms with Crippen molar-refractivity contribution in [2.24, 2.45) is 10.9 Å². The summed E-state index contributed by atoms with van der Waals surface area (Å²) in [6, 6.07) is 7.75. The first-order valence-electron chi connectivity index (χ1n) is 9.57. The standard InChI is InChI=1S/C19H32N4O4S/c1-20-19(21-15-16-8-10-23(11-9-16)28(3,24)25)22-17-6-4-7-18(14-17)27-13-5-12-26-2/h4,6-7,14,16H,5,8-13,15H2,1-3H3,(H2,20,21,22). The summed E-state index contributed by atoms with van der Waals surface area (Å²) in [6.45, 7) is 3.21. The Morgan fingerprint density at radius 1 is 1.29 bits per heavy atom. The summed E-state index contributed by atoms with van der Waals surface area (Å²) in [4.78, 5) is 4.27. The number of nitrogens with zero attached hydrogens (tertiary/aromatic N) is 2. The van der Waals surface area contributed by atoms with Crippen LogP contribution in [0.1, 0.15) is 19.3 Å². The largest absolute Gasteiger partial charge is 0.493 e. The molecule has 0 saturated carbocycles. The number of guanidine groups is 1. The highest BCUT2D eigenvalue weighted by Crippen LogP contribution is 2.19. The van der Waals surface area contributed by atoms with E-state index in [4.69, 9.17) is 9.47 Å². The summed E-state index contributed by atoms with van der Waals surface area (Å²) < 4.78 is 35.5. The molecular formula is C19H32N4O4S. The number of benzene rings is 1. The minimum Gasteiger partial charge on any atom is -0.493 e. The second-order valence-corrected chi connectivity index (χ2v) is 8.89. The highest BCUT2D eigenvalue weighted by Gasteiger charge is 2.24. The topological polar surface area (TPSA) is 92.3 Å². The van der Waals surface area contributed by atoms with Crippen LogP contribution in [0.3, 0.4) is 0 Å². The van der Waals surface area contributed by atoms with E-state index in [0.29, 0.717) is 38.2 Å². The van der Waals surface area contributed by atoms with Gasteiger partial charge < -0.3 is 20.1 Å². The van der Waals surface area contributed by atoms with E-state index in [1.165, 1.54) is 6.26 Å². The average Bonchev–Trinajstić information content (AvgIpc) is 2.68. The fourth-order valence-electron chi connectivity index (χ4n) is 3.06. The van der Waals surface area contributed by atoms with Crippen molar-refractivity contribution in [3.63, 3.8) is 0 Å². The van der Waals surface area contributed by atoms with Crippen molar-refractivity contribution in [3.05, 3.63) is 24.3 Å². The molecule has 28 heavy (non-hydrogen) atoms. The van der Waals surface area contributed by atoms with Gasteiger partial charge in [0.2, 0.25) is 10.0 Å². The van der Waals surface area contributed by atoms with Crippen molar-refractivity contribution in [1.29, 1.82) is 0 Å². The highest BCUT2D eigenvalue weighted by atomic mass is 32.2. The van der Waals surface area contributed by atoms with Crippen molar-refractivity contribution in [3.8, 4) is 5.75 Å². The molecule has 2 N–H and O–H groups in total. The summed E-state index contributed by atoms with van der Waals surface area (Å²) in [5.41, 5.74) is 0.893. The number of ether oxygens (including phenoxy) is 2. The van der Waals surface area contributed by atoms with Crippen LogP contribution in [0, 0.1) is 5.92 Å². The van der Waals surface area contributed by atoms with Gasteiger partial charge in [-0.15, -0.1) is 0 Å². The summed E-state index contributed by atoms with van der Waals surface area (Å²) in [5, 5.41) is 6.61. The average molecular weight is 413 g/mol. The molecule has 1 heterocycles. The molecule has 0 spiro atoms. The fraction of sp³-hybridized carbons (Fsp3) is 0.632. The molecule has 0 amide bonds. The second-order valence-electron chi connectivity index (χ2n) is 6.91. The zero-order valence-corrected chi connectivity index (χ0v) is 17.8. The van der Waals surface area contributed by atoms with Gasteiger partial charge in [-0.25, -0.2) is 12.7 Å². The number of aliphatic imine (C=N–C) groups is 1. The maximum absolute atomic E-state index is 11.6. The Morgan fingerprint density at radius 2 is 2.04 bits per heavy atom. The van der Waals surface area contributed by atoms with E-state index in [0.717, 1.165) is 37.2 Å². The monoisotopic (exact) mass is 412 g/mol. The molecule has 1 saturated heterocycles. The molecule has 1 fully saturated rings. The number of hydrogen-bond acceptors (Lipinski definition) is 5. The molecule has 1 aromatic carbocycles. The van der Waals surface area contributed by atoms with Crippen molar-refractivity contribution in [2.45, 2.75) is 19.3 Å². The third kappa shape index (κ3) is 7.65. The van der Waals surface area contributed by atoms with Crippen LogP contribution in [0.4, 0.5) is 5.69 Å². The van der Waals surface area contributed by atoms with Crippen LogP contribution < -0.4 is 15.4 Å². The van der Waals surface area contributed by atoms with Gasteiger partial charge in [-0.2, -0.15) is 0 Å². The minimum atomic E-state index is -3.08. The lowest BCUT2D eigenvalue weighted by atomic mass is 9.98. The van der Waals surface area contributed by atoms with Gasteiger partial charge in [-0.05, 0) is 30.9 Å². The van der Waals surface area contributed by atoms with E-state index in [2.05, 4.69) is 15.6 Å². The van der Waals surface area contributed by atoms with Crippen molar-refractivity contribution < 1.29 is 17.9 Å². The molecule has 0 aromatic heterocycles. The van der Waals surface area contributed by atoms with Gasteiger partial charge in [0.25, 0.3) is 0 Å². The second kappa shape index (κ2) is 11.2. The van der Waals surface area contributed by atoms with Gasteiger partial charge in [0, 0.05) is 58.6 Å². The molecule has 0 aliphatic carbocycles. The van der Waals surface area contributed by atoms with E-state index in [9.17, 15) is 8.42 Å². The van der Waals surface area contributed by atoms with E-state index in [1.807, 2.05) is 24.3 Å². The Labute approximate surface area is 168 Å². The molecule has 0 unspecified atom stereocenters. The van der Waals surface area contributed by atoms with E-state index >= 15 is 0 Å². The lowest BCUT2D eigenvalue weighted by molar-refractivity contribution is 0.172. The zero-order chi connectivity index (χ0) is 20.4. The fourth-order valence-corrected chi connectivity index (χ4v) is 3.93. The molecule has 2 rings (SSSR count). The molecule has 1 aromatic rings. The number of sulfonamides is 1. The molecule has 0 atom stereocenters. The Hall–Kier alpha value is -1.84. The van der Waals surface area contributed by atoms with Crippen molar-refractivity contribution in [1.82, 2.24) is 9.62 Å². The van der Waals surface area contributed by atoms with E-state index in [-0.39, 0.29) is 0 Å². The first kappa shape index (κ1) is 22.4. The molecule has 0 bridgehead atoms. The van der Waals surface area contributed by atoms with Gasteiger partial charge >= 0.3 is 0 Å². The molecule has 1 aliphatic heterocycles. The lowest BCUT2D eigenvalue weighted by Crippen LogP contribution is -2.42. The smallest absolute Gasteiger partial charge is 0.211 e. The Bertz CT molecular complexity index is 731. The van der Waals surface area contributed by atoms with Gasteiger partial charge in [-0.3, -0.25) is 4.99 Å². The Balaban J connectivity index is 1.78. The van der Waals surface area contributed by atoms with Crippen LogP contribution in [0.2, 0.25) is 0 Å². The highest BCUT2D eigenvalue weighted by molar-refractivity contribution is 7.88. The number of nitrogens with one attached hydrogen (secondary N) is 2. The number of methoxy groups -OCH3 is 1. The number of anilines is 1. The number of rotatable bonds is 9. The first-order chi connectivity index (χ1) is 13.4. The zero-order valence-electron chi connectivity index (χ0n) is 17.0. The maximum Gasteiger partial charge on any atom is 0.211 e. The molecule has 158 valence electrons. The summed E-state index contributed by atoms with van der Waals surface area (Å²) >= 11 is 0. The lowest BCUT2D eigenvalue weighted by Gasteiger charge is -2.30. The normalized spacial score (nSPS) is 16.8. The Kier molecular flexibility index (Phi) is 9.01. The Morgan fingerprint density at radius 3 is 2.68 bits per heavy atom. The molecule has 9 heteroatoms. The molecule has 0 radical (unpaired) electrons. The SMILES string of the molecule is CN=C(NCC1CCN(S(C)(=O)=O)CC1)Nc1cccc(OCCCOC)c1. The van der Waals surface area contributed by atoms with Gasteiger partial charge in [0.1, 0.15) is 5.75 Å². The molecule has 1 aliphatic rings. The van der Waals surface area contributed by atoms with Gasteiger partial charge in [0.05, 0.1) is 12.9 Å². The van der Waals surface area contributed by atoms with Crippen LogP contribution in [0.25, 0.3) is 0 Å². The molecular weight excluding hydrogens is 380 g/mol. The van der Waals surface area contributed by atoms with E-state index < -0.39 is 10.0 Å². The summed E-state index contributed by atoms with van der Waals surface area (Å²) in [7, 11) is 0.325. The third-order valence-electron chi connectivity index (χ3n) is 4.68. The van der Waals surface area contributed by atoms with Crippen molar-refractivity contribution >= 4 is 21.7 Å². The van der Waals surface area contributed by atoms with Crippen LogP contribution in [-0.2, 0) is 14.8 Å². The van der Waals surface area contributed by atoms with E-state index in [1.54, 1.807) is 18.5 Å². The summed E-state index contributed by atoms with van der Waals surface area (Å²) in [6.07, 6.45) is 3.81. The van der Waals surface area contributed by atoms with Crippen molar-refractivity contribution in [2.75, 3.05) is 58.6 Å². The minimum absolute atomic E-state index is 0.423. The van der Waals surface area contributed by atoms with Gasteiger partial charge in [-0.1, -0.05) is 6.07 Å². The predicted molar refractivity (Wildman–Crippen MR) is 113 cm³/mol. The third-order valence-corrected chi connectivity index (χ3v) is 5.99. The van der Waals surface area contributed by atoms with Gasteiger partial charge in [0.15, 0.2) is 5.96 Å². The quantitative estimate of drug-likeness (QED) is 0.365. The predicted octanol–water partition coefficient (Wildman–Crippen LogP) is 1.76. The first-order valence-corrected chi connectivity index (χ1v) is 11.4. The summed E-state index contributed by atoms with van der Waals surface area (Å²) in [5.74, 6) is 1.90. The number of hydrogen-bond donors (Lipinski definition) is 2. The molecule has 8 nitrogen and oxygen atoms in total. The van der Waals surface area contributed by atoms with Crippen LogP contribution >= 0.6 is 0 Å². The van der Waals surface area contributed by atoms with Crippen LogP contribution in [0.5, 0.6) is 5.75 Å². The van der Waals surface area contributed by atoms with Crippen LogP contribution in [0.15, 0.2) is 29.3 Å².